The van der Waals surface area contributed by atoms with Gasteiger partial charge in [0.25, 0.3) is 0 Å². The summed E-state index contributed by atoms with van der Waals surface area (Å²) in [5, 5.41) is 17.2. The van der Waals surface area contributed by atoms with Crippen molar-refractivity contribution in [3.63, 3.8) is 0 Å². The third-order valence-electron chi connectivity index (χ3n) is 1.98. The highest BCUT2D eigenvalue weighted by atomic mass is 16.5. The Kier molecular flexibility index (Phi) is 6.47. The zero-order valence-electron chi connectivity index (χ0n) is 10.1. The van der Waals surface area contributed by atoms with Gasteiger partial charge in [-0.2, -0.15) is 0 Å². The molecule has 1 rings (SSSR count). The molecular formula is C11H17NO5. The van der Waals surface area contributed by atoms with Gasteiger partial charge in [-0.25, -0.2) is 9.59 Å². The zero-order chi connectivity index (χ0) is 13.4. The van der Waals surface area contributed by atoms with Gasteiger partial charge in [0.15, 0.2) is 11.4 Å². The average Bonchev–Trinajstić information content (AvgIpc) is 2.73. The summed E-state index contributed by atoms with van der Waals surface area (Å²) in [6.45, 7) is 4.36. The predicted molar refractivity (Wildman–Crippen MR) is 61.8 cm³/mol. The third kappa shape index (κ3) is 4.18. The van der Waals surface area contributed by atoms with E-state index in [1.165, 1.54) is 20.0 Å². The summed E-state index contributed by atoms with van der Waals surface area (Å²) in [5.41, 5.74) is -0.459. The molecule has 0 fully saturated rings. The van der Waals surface area contributed by atoms with E-state index in [2.05, 4.69) is 23.6 Å². The van der Waals surface area contributed by atoms with Gasteiger partial charge in [0, 0.05) is 6.20 Å². The number of ether oxygens (including phenoxy) is 1. The SMILES string of the molecule is CCCC.COc1c(C(=O)O)c[nH]c1C(=O)O. The van der Waals surface area contributed by atoms with Crippen LogP contribution in [0.3, 0.4) is 0 Å². The van der Waals surface area contributed by atoms with Crippen molar-refractivity contribution in [2.24, 2.45) is 0 Å². The Morgan fingerprint density at radius 2 is 1.76 bits per heavy atom. The molecule has 0 saturated carbocycles. The molecule has 0 amide bonds. The van der Waals surface area contributed by atoms with Crippen LogP contribution in [0, 0.1) is 0 Å². The zero-order valence-corrected chi connectivity index (χ0v) is 10.1. The Morgan fingerprint density at radius 1 is 1.24 bits per heavy atom. The van der Waals surface area contributed by atoms with E-state index in [1.54, 1.807) is 0 Å². The molecule has 1 heterocycles. The summed E-state index contributed by atoms with van der Waals surface area (Å²) in [6, 6.07) is 0. The first-order valence-electron chi connectivity index (χ1n) is 5.21. The van der Waals surface area contributed by atoms with Crippen molar-refractivity contribution in [3.05, 3.63) is 17.5 Å². The molecule has 1 aromatic heterocycles. The molecule has 17 heavy (non-hydrogen) atoms. The highest BCUT2D eigenvalue weighted by Crippen LogP contribution is 2.22. The Balaban J connectivity index is 0.000000557. The predicted octanol–water partition coefficient (Wildman–Crippen LogP) is 2.23. The molecule has 0 bridgehead atoms. The van der Waals surface area contributed by atoms with Crippen LogP contribution in [0.4, 0.5) is 0 Å². The summed E-state index contributed by atoms with van der Waals surface area (Å²) >= 11 is 0. The lowest BCUT2D eigenvalue weighted by molar-refractivity contribution is 0.0687. The minimum absolute atomic E-state index is 0.167. The molecule has 96 valence electrons. The van der Waals surface area contributed by atoms with E-state index in [4.69, 9.17) is 10.2 Å². The number of hydrogen-bond donors (Lipinski definition) is 3. The number of carbonyl (C=O) groups is 2. The highest BCUT2D eigenvalue weighted by Gasteiger charge is 2.21. The van der Waals surface area contributed by atoms with Crippen LogP contribution in [0.25, 0.3) is 0 Å². The average molecular weight is 243 g/mol. The molecule has 6 nitrogen and oxygen atoms in total. The molecule has 1 aromatic rings. The van der Waals surface area contributed by atoms with Crippen LogP contribution in [0.2, 0.25) is 0 Å². The second-order valence-electron chi connectivity index (χ2n) is 3.22. The monoisotopic (exact) mass is 243 g/mol. The van der Waals surface area contributed by atoms with E-state index in [9.17, 15) is 9.59 Å². The second-order valence-corrected chi connectivity index (χ2v) is 3.22. The van der Waals surface area contributed by atoms with Gasteiger partial charge in [0.05, 0.1) is 7.11 Å². The molecule has 3 N–H and O–H groups in total. The van der Waals surface area contributed by atoms with Crippen molar-refractivity contribution in [1.29, 1.82) is 0 Å². The van der Waals surface area contributed by atoms with Crippen molar-refractivity contribution in [3.8, 4) is 5.75 Å². The minimum atomic E-state index is -1.26. The largest absolute Gasteiger partial charge is 0.493 e. The maximum Gasteiger partial charge on any atom is 0.356 e. The maximum absolute atomic E-state index is 10.5. The number of hydrogen-bond acceptors (Lipinski definition) is 3. The van der Waals surface area contributed by atoms with Crippen LogP contribution in [0.5, 0.6) is 5.75 Å². The molecule has 0 radical (unpaired) electrons. The van der Waals surface area contributed by atoms with Gasteiger partial charge in [-0.3, -0.25) is 0 Å². The highest BCUT2D eigenvalue weighted by molar-refractivity contribution is 5.98. The van der Waals surface area contributed by atoms with Crippen LogP contribution < -0.4 is 4.74 Å². The lowest BCUT2D eigenvalue weighted by atomic mass is 10.3. The maximum atomic E-state index is 10.5. The van der Waals surface area contributed by atoms with E-state index in [-0.39, 0.29) is 17.0 Å². The van der Waals surface area contributed by atoms with Crippen LogP contribution in [-0.4, -0.2) is 34.2 Å². The lowest BCUT2D eigenvalue weighted by Crippen LogP contribution is -2.02. The van der Waals surface area contributed by atoms with Crippen molar-refractivity contribution >= 4 is 11.9 Å². The van der Waals surface area contributed by atoms with Gasteiger partial charge in [0.1, 0.15) is 5.56 Å². The van der Waals surface area contributed by atoms with Gasteiger partial charge in [-0.05, 0) is 0 Å². The van der Waals surface area contributed by atoms with Gasteiger partial charge in [-0.1, -0.05) is 26.7 Å². The Bertz CT molecular complexity index is 350. The van der Waals surface area contributed by atoms with Gasteiger partial charge < -0.3 is 19.9 Å². The summed E-state index contributed by atoms with van der Waals surface area (Å²) < 4.78 is 4.65. The fourth-order valence-corrected chi connectivity index (χ4v) is 0.940. The summed E-state index contributed by atoms with van der Waals surface area (Å²) in [6.07, 6.45) is 3.71. The molecule has 0 aromatic carbocycles. The molecule has 0 spiro atoms. The Morgan fingerprint density at radius 3 is 2.06 bits per heavy atom. The van der Waals surface area contributed by atoms with Crippen molar-refractivity contribution < 1.29 is 24.5 Å². The summed E-state index contributed by atoms with van der Waals surface area (Å²) in [5.74, 6) is -2.66. The van der Waals surface area contributed by atoms with E-state index in [1.807, 2.05) is 0 Å². The van der Waals surface area contributed by atoms with Crippen LogP contribution >= 0.6 is 0 Å². The topological polar surface area (TPSA) is 99.6 Å². The van der Waals surface area contributed by atoms with Crippen LogP contribution in [0.15, 0.2) is 6.20 Å². The van der Waals surface area contributed by atoms with E-state index in [0.717, 1.165) is 6.20 Å². The van der Waals surface area contributed by atoms with E-state index < -0.39 is 11.9 Å². The Hall–Kier alpha value is -1.98. The van der Waals surface area contributed by atoms with Crippen molar-refractivity contribution in [1.82, 2.24) is 4.98 Å². The van der Waals surface area contributed by atoms with Crippen molar-refractivity contribution in [2.75, 3.05) is 7.11 Å². The number of rotatable bonds is 4. The lowest BCUT2D eigenvalue weighted by Gasteiger charge is -1.98. The first kappa shape index (κ1) is 15.0. The van der Waals surface area contributed by atoms with Gasteiger partial charge >= 0.3 is 11.9 Å². The summed E-state index contributed by atoms with van der Waals surface area (Å²) in [7, 11) is 1.21. The standard InChI is InChI=1S/C7H7NO5.C4H10/c1-13-5-3(6(9)10)2-8-4(5)7(11)12;1-3-4-2/h2,8H,1H3,(H,9,10)(H,11,12);3-4H2,1-2H3. The molecule has 0 saturated heterocycles. The molecule has 6 heteroatoms. The minimum Gasteiger partial charge on any atom is -0.493 e. The molecule has 0 aliphatic carbocycles. The van der Waals surface area contributed by atoms with Crippen LogP contribution in [0.1, 0.15) is 47.5 Å². The van der Waals surface area contributed by atoms with Gasteiger partial charge in [0.2, 0.25) is 0 Å². The van der Waals surface area contributed by atoms with Crippen LogP contribution in [-0.2, 0) is 0 Å². The number of aromatic carboxylic acids is 2. The molecule has 0 aliphatic rings. The quantitative estimate of drug-likeness (QED) is 0.752. The first-order valence-corrected chi connectivity index (χ1v) is 5.21. The Labute approximate surface area is 99.2 Å². The fourth-order valence-electron chi connectivity index (χ4n) is 0.940. The number of carboxylic acids is 2. The molecule has 0 unspecified atom stereocenters. The number of aromatic nitrogens is 1. The summed E-state index contributed by atoms with van der Waals surface area (Å²) in [4.78, 5) is 23.3. The third-order valence-corrected chi connectivity index (χ3v) is 1.98. The van der Waals surface area contributed by atoms with Crippen molar-refractivity contribution in [2.45, 2.75) is 26.7 Å². The van der Waals surface area contributed by atoms with E-state index in [0.29, 0.717) is 0 Å². The number of unbranched alkanes of at least 4 members (excludes halogenated alkanes) is 1. The number of H-pyrrole nitrogens is 1. The number of carboxylic acid groups (broad SMARTS) is 2. The normalized spacial score (nSPS) is 9.12. The number of methoxy groups -OCH3 is 1. The smallest absolute Gasteiger partial charge is 0.356 e. The number of aromatic amines is 1. The molecular weight excluding hydrogens is 226 g/mol. The molecule has 0 aliphatic heterocycles. The number of nitrogens with one attached hydrogen (secondary N) is 1. The second kappa shape index (κ2) is 7.32. The fraction of sp³-hybridized carbons (Fsp3) is 0.455. The molecule has 0 atom stereocenters. The van der Waals surface area contributed by atoms with E-state index >= 15 is 0 Å². The van der Waals surface area contributed by atoms with Gasteiger partial charge in [-0.15, -0.1) is 0 Å². The first-order chi connectivity index (χ1) is 7.99.